The summed E-state index contributed by atoms with van der Waals surface area (Å²) in [6.07, 6.45) is 0.627. The van der Waals surface area contributed by atoms with Crippen LogP contribution in [-0.2, 0) is 6.42 Å². The van der Waals surface area contributed by atoms with Gasteiger partial charge < -0.3 is 9.73 Å². The Labute approximate surface area is 176 Å². The zero-order chi connectivity index (χ0) is 20.4. The lowest BCUT2D eigenvalue weighted by Gasteiger charge is -2.05. The molecule has 4 rings (SSSR count). The predicted molar refractivity (Wildman–Crippen MR) is 116 cm³/mol. The number of para-hydroxylation sites is 1. The molecular weight excluding hydrogens is 408 g/mol. The van der Waals surface area contributed by atoms with Crippen molar-refractivity contribution in [3.63, 3.8) is 0 Å². The third kappa shape index (κ3) is 4.23. The van der Waals surface area contributed by atoms with Crippen molar-refractivity contribution in [3.05, 3.63) is 86.2 Å². The molecule has 0 saturated heterocycles. The van der Waals surface area contributed by atoms with Crippen LogP contribution in [0.4, 0.5) is 0 Å². The smallest absolute Gasteiger partial charge is 0.349 e. The number of nitrogens with one attached hydrogen (secondary N) is 1. The number of carbonyl (C=O) groups excluding carboxylic acids is 1. The Hall–Kier alpha value is -2.96. The number of fused-ring (bicyclic) bond motifs is 1. The number of thiazole rings is 1. The lowest BCUT2D eigenvalue weighted by Crippen LogP contribution is -2.29. The number of aromatic nitrogens is 1. The molecular formula is C22H17ClN2O3S. The number of nitrogens with zero attached hydrogens (tertiary/aromatic N) is 1. The summed E-state index contributed by atoms with van der Waals surface area (Å²) in [7, 11) is 0. The van der Waals surface area contributed by atoms with Gasteiger partial charge in [0.25, 0.3) is 5.91 Å². The van der Waals surface area contributed by atoms with Gasteiger partial charge in [0.2, 0.25) is 0 Å². The van der Waals surface area contributed by atoms with Gasteiger partial charge in [-0.3, -0.25) is 4.79 Å². The molecule has 2 heterocycles. The number of hydrogen-bond acceptors (Lipinski definition) is 5. The first-order chi connectivity index (χ1) is 14.0. The van der Waals surface area contributed by atoms with Crippen molar-refractivity contribution in [2.75, 3.05) is 6.54 Å². The summed E-state index contributed by atoms with van der Waals surface area (Å²) in [4.78, 5) is 30.2. The molecule has 146 valence electrons. The van der Waals surface area contributed by atoms with Crippen LogP contribution in [0.3, 0.4) is 0 Å². The summed E-state index contributed by atoms with van der Waals surface area (Å²) >= 11 is 7.53. The van der Waals surface area contributed by atoms with Crippen LogP contribution >= 0.6 is 22.9 Å². The van der Waals surface area contributed by atoms with Gasteiger partial charge in [-0.05, 0) is 31.2 Å². The topological polar surface area (TPSA) is 72.2 Å². The molecule has 0 unspecified atom stereocenters. The molecule has 0 spiro atoms. The van der Waals surface area contributed by atoms with E-state index in [-0.39, 0.29) is 5.56 Å². The van der Waals surface area contributed by atoms with Crippen LogP contribution in [0.25, 0.3) is 21.5 Å². The van der Waals surface area contributed by atoms with E-state index in [1.807, 2.05) is 37.3 Å². The molecule has 2 aromatic heterocycles. The average Bonchev–Trinajstić information content (AvgIpc) is 3.08. The summed E-state index contributed by atoms with van der Waals surface area (Å²) in [5.41, 5.74) is 1.77. The van der Waals surface area contributed by atoms with E-state index in [1.54, 1.807) is 35.6 Å². The third-order valence-electron chi connectivity index (χ3n) is 4.51. The van der Waals surface area contributed by atoms with Crippen LogP contribution in [0, 0.1) is 6.92 Å². The average molecular weight is 425 g/mol. The van der Waals surface area contributed by atoms with Gasteiger partial charge in [-0.2, -0.15) is 0 Å². The van der Waals surface area contributed by atoms with E-state index in [0.717, 1.165) is 21.1 Å². The summed E-state index contributed by atoms with van der Waals surface area (Å²) in [5, 5.41) is 5.11. The Morgan fingerprint density at radius 1 is 1.17 bits per heavy atom. The molecule has 1 N–H and O–H groups in total. The van der Waals surface area contributed by atoms with Crippen molar-refractivity contribution < 1.29 is 9.21 Å². The largest absolute Gasteiger partial charge is 0.422 e. The lowest BCUT2D eigenvalue weighted by molar-refractivity contribution is 0.0950. The highest BCUT2D eigenvalue weighted by Crippen LogP contribution is 2.29. The summed E-state index contributed by atoms with van der Waals surface area (Å²) < 4.78 is 5.22. The number of hydrogen-bond donors (Lipinski definition) is 1. The molecule has 4 aromatic rings. The Morgan fingerprint density at radius 3 is 2.72 bits per heavy atom. The Balaban J connectivity index is 1.44. The number of rotatable bonds is 5. The van der Waals surface area contributed by atoms with Crippen molar-refractivity contribution in [2.45, 2.75) is 13.3 Å². The molecule has 0 saturated carbocycles. The molecule has 0 aliphatic rings. The highest BCUT2D eigenvalue weighted by molar-refractivity contribution is 7.15. The van der Waals surface area contributed by atoms with Gasteiger partial charge in [-0.1, -0.05) is 41.9 Å². The van der Waals surface area contributed by atoms with E-state index < -0.39 is 11.5 Å². The molecule has 0 aliphatic carbocycles. The van der Waals surface area contributed by atoms with E-state index in [1.165, 1.54) is 0 Å². The number of benzene rings is 2. The van der Waals surface area contributed by atoms with E-state index in [9.17, 15) is 9.59 Å². The number of carbonyl (C=O) groups is 1. The van der Waals surface area contributed by atoms with Gasteiger partial charge in [-0.25, -0.2) is 9.78 Å². The number of halogens is 1. The fourth-order valence-electron chi connectivity index (χ4n) is 2.98. The van der Waals surface area contributed by atoms with Gasteiger partial charge in [0.15, 0.2) is 0 Å². The first-order valence-corrected chi connectivity index (χ1v) is 10.2. The second kappa shape index (κ2) is 8.19. The van der Waals surface area contributed by atoms with Gasteiger partial charge in [0, 0.05) is 33.8 Å². The molecule has 5 nitrogen and oxygen atoms in total. The summed E-state index contributed by atoms with van der Waals surface area (Å²) in [6.45, 7) is 2.35. The van der Waals surface area contributed by atoms with Gasteiger partial charge in [0.1, 0.15) is 16.2 Å². The minimum atomic E-state index is -0.639. The zero-order valence-electron chi connectivity index (χ0n) is 15.6. The first-order valence-electron chi connectivity index (χ1n) is 9.04. The minimum Gasteiger partial charge on any atom is -0.422 e. The van der Waals surface area contributed by atoms with Crippen LogP contribution < -0.4 is 10.9 Å². The lowest BCUT2D eigenvalue weighted by atomic mass is 10.2. The van der Waals surface area contributed by atoms with Crippen molar-refractivity contribution in [2.24, 2.45) is 0 Å². The Kier molecular flexibility index (Phi) is 5.47. The fraction of sp³-hybridized carbons (Fsp3) is 0.136. The van der Waals surface area contributed by atoms with Crippen LogP contribution in [0.15, 0.2) is 63.8 Å². The highest BCUT2D eigenvalue weighted by atomic mass is 35.5. The monoisotopic (exact) mass is 424 g/mol. The zero-order valence-corrected chi connectivity index (χ0v) is 17.1. The normalized spacial score (nSPS) is 11.0. The highest BCUT2D eigenvalue weighted by Gasteiger charge is 2.14. The Morgan fingerprint density at radius 2 is 1.93 bits per heavy atom. The van der Waals surface area contributed by atoms with Gasteiger partial charge in [0.05, 0.1) is 5.69 Å². The van der Waals surface area contributed by atoms with Crippen LogP contribution in [-0.4, -0.2) is 17.4 Å². The fourth-order valence-corrected chi connectivity index (χ4v) is 4.17. The predicted octanol–water partition coefficient (Wildman–Crippen LogP) is 4.85. The molecule has 0 bridgehead atoms. The number of aryl methyl sites for hydroxylation is 1. The van der Waals surface area contributed by atoms with Gasteiger partial charge in [-0.15, -0.1) is 11.3 Å². The summed E-state index contributed by atoms with van der Waals surface area (Å²) in [5.74, 6) is -0.440. The summed E-state index contributed by atoms with van der Waals surface area (Å²) in [6, 6.07) is 16.2. The quantitative estimate of drug-likeness (QED) is 0.465. The van der Waals surface area contributed by atoms with E-state index >= 15 is 0 Å². The molecule has 7 heteroatoms. The second-order valence-electron chi connectivity index (χ2n) is 6.53. The van der Waals surface area contributed by atoms with E-state index in [0.29, 0.717) is 29.0 Å². The standard InChI is InChI=1S/C22H17ClN2O3S/c1-13-19(29-21(25-13)14-6-8-16(23)9-7-14)10-11-24-20(26)17-12-15-4-2-3-5-18(15)28-22(17)27/h2-9,12H,10-11H2,1H3,(H,24,26). The van der Waals surface area contributed by atoms with Crippen LogP contribution in [0.2, 0.25) is 5.02 Å². The third-order valence-corrected chi connectivity index (χ3v) is 6.03. The van der Waals surface area contributed by atoms with Crippen molar-refractivity contribution >= 4 is 39.8 Å². The maximum Gasteiger partial charge on any atom is 0.349 e. The molecule has 0 fully saturated rings. The van der Waals surface area contributed by atoms with Crippen LogP contribution in [0.5, 0.6) is 0 Å². The van der Waals surface area contributed by atoms with Crippen molar-refractivity contribution in [1.82, 2.24) is 10.3 Å². The molecule has 29 heavy (non-hydrogen) atoms. The SMILES string of the molecule is Cc1nc(-c2ccc(Cl)cc2)sc1CCNC(=O)c1cc2ccccc2oc1=O. The molecule has 1 amide bonds. The Bertz CT molecular complexity index is 1250. The number of amides is 1. The minimum absolute atomic E-state index is 0.00609. The van der Waals surface area contributed by atoms with E-state index in [4.69, 9.17) is 16.0 Å². The maximum absolute atomic E-state index is 12.4. The molecule has 0 aliphatic heterocycles. The van der Waals surface area contributed by atoms with E-state index in [2.05, 4.69) is 10.3 Å². The second-order valence-corrected chi connectivity index (χ2v) is 8.05. The van der Waals surface area contributed by atoms with Crippen molar-refractivity contribution in [1.29, 1.82) is 0 Å². The van der Waals surface area contributed by atoms with Gasteiger partial charge >= 0.3 is 5.63 Å². The molecule has 0 atom stereocenters. The molecule has 0 radical (unpaired) electrons. The van der Waals surface area contributed by atoms with Crippen molar-refractivity contribution in [3.8, 4) is 10.6 Å². The van der Waals surface area contributed by atoms with Crippen LogP contribution in [0.1, 0.15) is 20.9 Å². The maximum atomic E-state index is 12.4. The molecule has 2 aromatic carbocycles. The first kappa shape index (κ1) is 19.4.